The van der Waals surface area contributed by atoms with Gasteiger partial charge in [0.1, 0.15) is 0 Å². The second-order valence-corrected chi connectivity index (χ2v) is 4.60. The average Bonchev–Trinajstić information content (AvgIpc) is 2.30. The third-order valence-electron chi connectivity index (χ3n) is 3.17. The van der Waals surface area contributed by atoms with Crippen LogP contribution in [0.5, 0.6) is 0 Å². The maximum atomic E-state index is 12.2. The lowest BCUT2D eigenvalue weighted by Gasteiger charge is -2.34. The van der Waals surface area contributed by atoms with Gasteiger partial charge >= 0.3 is 0 Å². The van der Waals surface area contributed by atoms with Crippen LogP contribution in [0, 0.1) is 0 Å². The van der Waals surface area contributed by atoms with E-state index < -0.39 is 0 Å². The molecule has 4 nitrogen and oxygen atoms in total. The van der Waals surface area contributed by atoms with Gasteiger partial charge in [0.05, 0.1) is 6.04 Å². The normalized spacial score (nSPS) is 13.2. The Morgan fingerprint density at radius 3 is 2.06 bits per heavy atom. The fourth-order valence-corrected chi connectivity index (χ4v) is 2.09. The first-order valence-electron chi connectivity index (χ1n) is 6.64. The summed E-state index contributed by atoms with van der Waals surface area (Å²) >= 11 is 0. The van der Waals surface area contributed by atoms with Gasteiger partial charge in [-0.2, -0.15) is 0 Å². The van der Waals surface area contributed by atoms with Crippen molar-refractivity contribution in [3.63, 3.8) is 0 Å². The number of carbonyl (C=O) groups is 1. The van der Waals surface area contributed by atoms with Crippen LogP contribution in [0.25, 0.3) is 0 Å². The molecule has 0 radical (unpaired) electrons. The Morgan fingerprint density at radius 2 is 1.71 bits per heavy atom. The van der Waals surface area contributed by atoms with Gasteiger partial charge in [0.25, 0.3) is 0 Å². The predicted molar refractivity (Wildman–Crippen MR) is 70.9 cm³/mol. The Hall–Kier alpha value is -0.610. The zero-order valence-electron chi connectivity index (χ0n) is 11.9. The summed E-state index contributed by atoms with van der Waals surface area (Å²) in [5.41, 5.74) is 0. The van der Waals surface area contributed by atoms with Gasteiger partial charge in [-0.3, -0.25) is 9.69 Å². The van der Waals surface area contributed by atoms with Crippen molar-refractivity contribution in [3.8, 4) is 0 Å². The fourth-order valence-electron chi connectivity index (χ4n) is 2.09. The van der Waals surface area contributed by atoms with Crippen molar-refractivity contribution in [1.82, 2.24) is 9.80 Å². The Bertz CT molecular complexity index is 215. The molecule has 4 heteroatoms. The number of carbonyl (C=O) groups excluding carboxylic acids is 1. The number of amides is 1. The summed E-state index contributed by atoms with van der Waals surface area (Å²) in [6.45, 7) is 12.6. The molecule has 0 heterocycles. The molecule has 0 aliphatic carbocycles. The lowest BCUT2D eigenvalue weighted by Crippen LogP contribution is -2.50. The zero-order valence-corrected chi connectivity index (χ0v) is 11.9. The Morgan fingerprint density at radius 1 is 1.18 bits per heavy atom. The number of nitrogens with zero attached hydrogens (tertiary/aromatic N) is 2. The van der Waals surface area contributed by atoms with Crippen LogP contribution in [0.4, 0.5) is 0 Å². The maximum Gasteiger partial charge on any atom is 0.239 e. The summed E-state index contributed by atoms with van der Waals surface area (Å²) in [4.78, 5) is 16.2. The van der Waals surface area contributed by atoms with E-state index in [2.05, 4.69) is 18.7 Å². The fraction of sp³-hybridized carbons (Fsp3) is 0.923. The van der Waals surface area contributed by atoms with E-state index in [4.69, 9.17) is 5.11 Å². The first kappa shape index (κ1) is 16.4. The largest absolute Gasteiger partial charge is 0.396 e. The molecule has 1 unspecified atom stereocenters. The molecule has 0 aromatic carbocycles. The van der Waals surface area contributed by atoms with E-state index >= 15 is 0 Å². The summed E-state index contributed by atoms with van der Waals surface area (Å²) in [7, 11) is 0. The highest BCUT2D eigenvalue weighted by Crippen LogP contribution is 2.09. The molecule has 0 saturated carbocycles. The average molecular weight is 244 g/mol. The molecule has 102 valence electrons. The highest BCUT2D eigenvalue weighted by molar-refractivity contribution is 5.81. The van der Waals surface area contributed by atoms with Crippen molar-refractivity contribution in [1.29, 1.82) is 0 Å². The second-order valence-electron chi connectivity index (χ2n) is 4.60. The molecule has 0 aromatic rings. The topological polar surface area (TPSA) is 43.8 Å². The predicted octanol–water partition coefficient (Wildman–Crippen LogP) is 1.34. The molecule has 1 N–H and O–H groups in total. The van der Waals surface area contributed by atoms with E-state index in [-0.39, 0.29) is 18.6 Å². The lowest BCUT2D eigenvalue weighted by molar-refractivity contribution is -0.136. The molecule has 0 fully saturated rings. The van der Waals surface area contributed by atoms with Crippen molar-refractivity contribution in [2.45, 2.75) is 53.1 Å². The Balaban J connectivity index is 4.58. The minimum Gasteiger partial charge on any atom is -0.396 e. The molecular formula is C13H28N2O2. The van der Waals surface area contributed by atoms with Crippen molar-refractivity contribution in [2.75, 3.05) is 26.2 Å². The highest BCUT2D eigenvalue weighted by atomic mass is 16.3. The summed E-state index contributed by atoms with van der Waals surface area (Å²) in [5, 5.41) is 8.90. The van der Waals surface area contributed by atoms with Crippen LogP contribution in [-0.2, 0) is 4.79 Å². The minimum absolute atomic E-state index is 0.110. The molecule has 0 aliphatic rings. The summed E-state index contributed by atoms with van der Waals surface area (Å²) < 4.78 is 0. The van der Waals surface area contributed by atoms with E-state index in [0.717, 1.165) is 19.6 Å². The Kier molecular flexibility index (Phi) is 8.17. The van der Waals surface area contributed by atoms with Gasteiger partial charge in [-0.25, -0.2) is 0 Å². The second kappa shape index (κ2) is 8.48. The molecule has 1 atom stereocenters. The van der Waals surface area contributed by atoms with Gasteiger partial charge < -0.3 is 10.0 Å². The summed E-state index contributed by atoms with van der Waals surface area (Å²) in [6, 6.07) is 0.206. The number of rotatable bonds is 8. The van der Waals surface area contributed by atoms with Crippen molar-refractivity contribution in [3.05, 3.63) is 0 Å². The standard InChI is InChI=1S/C13H28N2O2/c1-6-14(7-2)13(17)12(5)15(11(3)4)9-8-10-16/h11-12,16H,6-10H2,1-5H3. The van der Waals surface area contributed by atoms with Crippen LogP contribution in [0.3, 0.4) is 0 Å². The number of aliphatic hydroxyl groups excluding tert-OH is 1. The quantitative estimate of drug-likeness (QED) is 0.700. The maximum absolute atomic E-state index is 12.2. The molecule has 0 aromatic heterocycles. The molecule has 0 spiro atoms. The zero-order chi connectivity index (χ0) is 13.4. The van der Waals surface area contributed by atoms with E-state index in [1.807, 2.05) is 25.7 Å². The van der Waals surface area contributed by atoms with Crippen LogP contribution in [0.1, 0.15) is 41.0 Å². The molecule has 1 amide bonds. The molecule has 0 rings (SSSR count). The number of aliphatic hydroxyl groups is 1. The van der Waals surface area contributed by atoms with Gasteiger partial charge in [0.15, 0.2) is 0 Å². The van der Waals surface area contributed by atoms with Gasteiger partial charge in [-0.1, -0.05) is 0 Å². The first-order chi connectivity index (χ1) is 7.99. The minimum atomic E-state index is -0.110. The van der Waals surface area contributed by atoms with E-state index in [9.17, 15) is 4.79 Å². The molecule has 17 heavy (non-hydrogen) atoms. The van der Waals surface area contributed by atoms with Crippen molar-refractivity contribution in [2.24, 2.45) is 0 Å². The monoisotopic (exact) mass is 244 g/mol. The van der Waals surface area contributed by atoms with Crippen molar-refractivity contribution < 1.29 is 9.90 Å². The van der Waals surface area contributed by atoms with Gasteiger partial charge in [-0.15, -0.1) is 0 Å². The van der Waals surface area contributed by atoms with E-state index in [0.29, 0.717) is 12.5 Å². The summed E-state index contributed by atoms with van der Waals surface area (Å²) in [6.07, 6.45) is 0.716. The number of likely N-dealkylation sites (N-methyl/N-ethyl adjacent to an activating group) is 1. The summed E-state index contributed by atoms with van der Waals surface area (Å²) in [5.74, 6) is 0.182. The van der Waals surface area contributed by atoms with Gasteiger partial charge in [0, 0.05) is 32.3 Å². The SMILES string of the molecule is CCN(CC)C(=O)C(C)N(CCCO)C(C)C. The lowest BCUT2D eigenvalue weighted by atomic mass is 10.1. The number of hydrogen-bond acceptors (Lipinski definition) is 3. The van der Waals surface area contributed by atoms with Crippen LogP contribution >= 0.6 is 0 Å². The van der Waals surface area contributed by atoms with Crippen LogP contribution in [0.15, 0.2) is 0 Å². The van der Waals surface area contributed by atoms with Crippen LogP contribution in [0.2, 0.25) is 0 Å². The third-order valence-corrected chi connectivity index (χ3v) is 3.17. The highest BCUT2D eigenvalue weighted by Gasteiger charge is 2.25. The van der Waals surface area contributed by atoms with E-state index in [1.54, 1.807) is 0 Å². The Labute approximate surface area is 106 Å². The van der Waals surface area contributed by atoms with E-state index in [1.165, 1.54) is 0 Å². The smallest absolute Gasteiger partial charge is 0.239 e. The van der Waals surface area contributed by atoms with Gasteiger partial charge in [-0.05, 0) is 41.0 Å². The van der Waals surface area contributed by atoms with Gasteiger partial charge in [0.2, 0.25) is 5.91 Å². The molecule has 0 aliphatic heterocycles. The molecular weight excluding hydrogens is 216 g/mol. The molecule has 0 saturated heterocycles. The van der Waals surface area contributed by atoms with Crippen LogP contribution in [-0.4, -0.2) is 59.1 Å². The molecule has 0 bridgehead atoms. The first-order valence-corrected chi connectivity index (χ1v) is 6.64. The number of hydrogen-bond donors (Lipinski definition) is 1. The van der Waals surface area contributed by atoms with Crippen LogP contribution < -0.4 is 0 Å². The van der Waals surface area contributed by atoms with Crippen molar-refractivity contribution >= 4 is 5.91 Å². The third kappa shape index (κ3) is 5.04.